The molecule has 2 rings (SSSR count). The number of carbonyl (C=O) groups is 1. The van der Waals surface area contributed by atoms with Gasteiger partial charge < -0.3 is 15.1 Å². The SMILES string of the molecule is CCCC(=O)NCc1ccc(N2CCN(C)CC2)cc1. The Hall–Kier alpha value is -1.55. The second-order valence-corrected chi connectivity index (χ2v) is 5.48. The lowest BCUT2D eigenvalue weighted by Gasteiger charge is -2.34. The fourth-order valence-corrected chi connectivity index (χ4v) is 2.41. The van der Waals surface area contributed by atoms with Crippen LogP contribution in [0.25, 0.3) is 0 Å². The molecule has 0 atom stereocenters. The Morgan fingerprint density at radius 3 is 2.40 bits per heavy atom. The molecule has 0 saturated carbocycles. The van der Waals surface area contributed by atoms with Gasteiger partial charge in [0.2, 0.25) is 5.91 Å². The maximum Gasteiger partial charge on any atom is 0.220 e. The summed E-state index contributed by atoms with van der Waals surface area (Å²) in [4.78, 5) is 16.2. The number of benzene rings is 1. The number of nitrogens with one attached hydrogen (secondary N) is 1. The minimum absolute atomic E-state index is 0.135. The zero-order valence-electron chi connectivity index (χ0n) is 12.6. The van der Waals surface area contributed by atoms with E-state index >= 15 is 0 Å². The summed E-state index contributed by atoms with van der Waals surface area (Å²) in [5.74, 6) is 0.135. The van der Waals surface area contributed by atoms with Crippen molar-refractivity contribution in [1.82, 2.24) is 10.2 Å². The number of rotatable bonds is 5. The van der Waals surface area contributed by atoms with Gasteiger partial charge in [-0.1, -0.05) is 19.1 Å². The lowest BCUT2D eigenvalue weighted by Crippen LogP contribution is -2.44. The topological polar surface area (TPSA) is 35.6 Å². The van der Waals surface area contributed by atoms with Crippen molar-refractivity contribution >= 4 is 11.6 Å². The van der Waals surface area contributed by atoms with Gasteiger partial charge in [-0.05, 0) is 31.2 Å². The molecule has 0 unspecified atom stereocenters. The van der Waals surface area contributed by atoms with Crippen LogP contribution in [0.5, 0.6) is 0 Å². The van der Waals surface area contributed by atoms with E-state index in [0.29, 0.717) is 13.0 Å². The van der Waals surface area contributed by atoms with Gasteiger partial charge in [0.05, 0.1) is 0 Å². The van der Waals surface area contributed by atoms with Crippen molar-refractivity contribution in [2.24, 2.45) is 0 Å². The van der Waals surface area contributed by atoms with Gasteiger partial charge in [-0.25, -0.2) is 0 Å². The first kappa shape index (κ1) is 14.9. The summed E-state index contributed by atoms with van der Waals surface area (Å²) < 4.78 is 0. The van der Waals surface area contributed by atoms with Gasteiger partial charge in [-0.3, -0.25) is 4.79 Å². The third-order valence-corrected chi connectivity index (χ3v) is 3.77. The molecule has 1 aliphatic heterocycles. The van der Waals surface area contributed by atoms with E-state index in [1.54, 1.807) is 0 Å². The van der Waals surface area contributed by atoms with Crippen molar-refractivity contribution in [3.05, 3.63) is 29.8 Å². The molecule has 1 aromatic rings. The van der Waals surface area contributed by atoms with Gasteiger partial charge in [-0.2, -0.15) is 0 Å². The number of anilines is 1. The molecule has 0 aliphatic carbocycles. The highest BCUT2D eigenvalue weighted by molar-refractivity contribution is 5.75. The highest BCUT2D eigenvalue weighted by Crippen LogP contribution is 2.17. The highest BCUT2D eigenvalue weighted by Gasteiger charge is 2.13. The number of likely N-dealkylation sites (N-methyl/N-ethyl adjacent to an activating group) is 1. The molecule has 0 radical (unpaired) electrons. The Balaban J connectivity index is 1.85. The Morgan fingerprint density at radius 1 is 1.15 bits per heavy atom. The Kier molecular flexibility index (Phi) is 5.41. The largest absolute Gasteiger partial charge is 0.369 e. The standard InChI is InChI=1S/C16H25N3O/c1-3-4-16(20)17-13-14-5-7-15(8-6-14)19-11-9-18(2)10-12-19/h5-8H,3-4,9-13H2,1-2H3,(H,17,20). The molecule has 1 heterocycles. The van der Waals surface area contributed by atoms with Crippen LogP contribution in [-0.2, 0) is 11.3 Å². The molecular weight excluding hydrogens is 250 g/mol. The molecule has 1 N–H and O–H groups in total. The number of nitrogens with zero attached hydrogens (tertiary/aromatic N) is 2. The molecule has 1 saturated heterocycles. The van der Waals surface area contributed by atoms with E-state index in [1.807, 2.05) is 6.92 Å². The van der Waals surface area contributed by atoms with E-state index < -0.39 is 0 Å². The van der Waals surface area contributed by atoms with Crippen molar-refractivity contribution in [3.8, 4) is 0 Å². The number of carbonyl (C=O) groups excluding carboxylic acids is 1. The Bertz CT molecular complexity index is 422. The van der Waals surface area contributed by atoms with Crippen molar-refractivity contribution in [1.29, 1.82) is 0 Å². The van der Waals surface area contributed by atoms with E-state index in [4.69, 9.17) is 0 Å². The van der Waals surface area contributed by atoms with Crippen LogP contribution in [0.4, 0.5) is 5.69 Å². The van der Waals surface area contributed by atoms with E-state index in [0.717, 1.165) is 38.2 Å². The molecule has 1 aliphatic rings. The monoisotopic (exact) mass is 275 g/mol. The summed E-state index contributed by atoms with van der Waals surface area (Å²) in [6, 6.07) is 8.54. The van der Waals surface area contributed by atoms with Crippen LogP contribution < -0.4 is 10.2 Å². The summed E-state index contributed by atoms with van der Waals surface area (Å²) in [7, 11) is 2.17. The zero-order chi connectivity index (χ0) is 14.4. The van der Waals surface area contributed by atoms with Crippen LogP contribution in [-0.4, -0.2) is 44.0 Å². The summed E-state index contributed by atoms with van der Waals surface area (Å²) >= 11 is 0. The van der Waals surface area contributed by atoms with Crippen LogP contribution in [0.15, 0.2) is 24.3 Å². The molecular formula is C16H25N3O. The molecule has 1 fully saturated rings. The molecule has 4 heteroatoms. The normalized spacial score (nSPS) is 16.2. The summed E-state index contributed by atoms with van der Waals surface area (Å²) in [5.41, 5.74) is 2.44. The van der Waals surface area contributed by atoms with Gasteiger partial charge in [0.1, 0.15) is 0 Å². The lowest BCUT2D eigenvalue weighted by molar-refractivity contribution is -0.121. The van der Waals surface area contributed by atoms with Gasteiger partial charge in [0.15, 0.2) is 0 Å². The molecule has 0 aromatic heterocycles. The Morgan fingerprint density at radius 2 is 1.80 bits per heavy atom. The Labute approximate surface area is 121 Å². The molecule has 20 heavy (non-hydrogen) atoms. The van der Waals surface area contributed by atoms with Gasteiger partial charge >= 0.3 is 0 Å². The predicted octanol–water partition coefficient (Wildman–Crippen LogP) is 1.85. The van der Waals surface area contributed by atoms with E-state index in [2.05, 4.69) is 46.4 Å². The summed E-state index contributed by atoms with van der Waals surface area (Å²) in [6.45, 7) is 7.06. The molecule has 0 spiro atoms. The van der Waals surface area contributed by atoms with Gasteiger partial charge in [0, 0.05) is 44.8 Å². The second-order valence-electron chi connectivity index (χ2n) is 5.48. The maximum absolute atomic E-state index is 11.4. The van der Waals surface area contributed by atoms with Crippen LogP contribution in [0, 0.1) is 0 Å². The third-order valence-electron chi connectivity index (χ3n) is 3.77. The van der Waals surface area contributed by atoms with E-state index in [-0.39, 0.29) is 5.91 Å². The first-order valence-electron chi connectivity index (χ1n) is 7.48. The average Bonchev–Trinajstić information content (AvgIpc) is 2.47. The number of piperazine rings is 1. The minimum atomic E-state index is 0.135. The summed E-state index contributed by atoms with van der Waals surface area (Å²) in [6.07, 6.45) is 1.51. The fraction of sp³-hybridized carbons (Fsp3) is 0.562. The number of hydrogen-bond donors (Lipinski definition) is 1. The molecule has 1 amide bonds. The molecule has 1 aromatic carbocycles. The predicted molar refractivity (Wildman–Crippen MR) is 82.9 cm³/mol. The number of hydrogen-bond acceptors (Lipinski definition) is 3. The first-order valence-corrected chi connectivity index (χ1v) is 7.48. The van der Waals surface area contributed by atoms with Gasteiger partial charge in [0.25, 0.3) is 0 Å². The molecule has 110 valence electrons. The van der Waals surface area contributed by atoms with E-state index in [9.17, 15) is 4.79 Å². The smallest absolute Gasteiger partial charge is 0.220 e. The first-order chi connectivity index (χ1) is 9.69. The maximum atomic E-state index is 11.4. The fourth-order valence-electron chi connectivity index (χ4n) is 2.41. The quantitative estimate of drug-likeness (QED) is 0.891. The van der Waals surface area contributed by atoms with Crippen molar-refractivity contribution in [2.75, 3.05) is 38.1 Å². The number of amides is 1. The summed E-state index contributed by atoms with van der Waals surface area (Å²) in [5, 5.41) is 2.95. The van der Waals surface area contributed by atoms with Crippen molar-refractivity contribution < 1.29 is 4.79 Å². The third kappa shape index (κ3) is 4.23. The van der Waals surface area contributed by atoms with Crippen molar-refractivity contribution in [2.45, 2.75) is 26.3 Å². The highest BCUT2D eigenvalue weighted by atomic mass is 16.1. The van der Waals surface area contributed by atoms with Crippen LogP contribution in [0.3, 0.4) is 0 Å². The lowest BCUT2D eigenvalue weighted by atomic mass is 10.1. The van der Waals surface area contributed by atoms with Crippen LogP contribution in [0.1, 0.15) is 25.3 Å². The van der Waals surface area contributed by atoms with E-state index in [1.165, 1.54) is 5.69 Å². The zero-order valence-corrected chi connectivity index (χ0v) is 12.6. The average molecular weight is 275 g/mol. The molecule has 0 bridgehead atoms. The van der Waals surface area contributed by atoms with Gasteiger partial charge in [-0.15, -0.1) is 0 Å². The van der Waals surface area contributed by atoms with Crippen molar-refractivity contribution in [3.63, 3.8) is 0 Å². The second kappa shape index (κ2) is 7.29. The minimum Gasteiger partial charge on any atom is -0.369 e. The van der Waals surface area contributed by atoms with Crippen LogP contribution in [0.2, 0.25) is 0 Å². The van der Waals surface area contributed by atoms with Crippen LogP contribution >= 0.6 is 0 Å². The molecule has 4 nitrogen and oxygen atoms in total.